The van der Waals surface area contributed by atoms with E-state index in [2.05, 4.69) is 51.5 Å². The summed E-state index contributed by atoms with van der Waals surface area (Å²) in [6.45, 7) is 0. The van der Waals surface area contributed by atoms with Gasteiger partial charge in [-0.15, -0.1) is 24.3 Å². The molecule has 3 aromatic heterocycles. The summed E-state index contributed by atoms with van der Waals surface area (Å²) >= 11 is 0. The van der Waals surface area contributed by atoms with Gasteiger partial charge in [-0.2, -0.15) is 10.2 Å². The Balaban J connectivity index is 0.00000351. The van der Waals surface area contributed by atoms with Gasteiger partial charge in [-0.3, -0.25) is 4.98 Å². The summed E-state index contributed by atoms with van der Waals surface area (Å²) in [7, 11) is 4.05. The molecule has 0 saturated carbocycles. The van der Waals surface area contributed by atoms with Crippen LogP contribution in [0, 0.1) is 6.07 Å². The van der Waals surface area contributed by atoms with E-state index in [0.717, 1.165) is 55.6 Å². The number of aromatic hydroxyl groups is 1. The van der Waals surface area contributed by atoms with Crippen molar-refractivity contribution >= 4 is 38.7 Å². The first-order valence-electron chi connectivity index (χ1n) is 14.9. The molecular formula is C39H27N6OPt-. The van der Waals surface area contributed by atoms with Crippen molar-refractivity contribution < 1.29 is 26.2 Å². The van der Waals surface area contributed by atoms with E-state index in [0.29, 0.717) is 28.0 Å². The van der Waals surface area contributed by atoms with Crippen molar-refractivity contribution in [2.45, 2.75) is 0 Å². The normalized spacial score (nSPS) is 11.1. The molecule has 0 radical (unpaired) electrons. The minimum atomic E-state index is 0. The van der Waals surface area contributed by atoms with Gasteiger partial charge in [0.05, 0.1) is 33.3 Å². The van der Waals surface area contributed by atoms with Crippen LogP contribution in [0.4, 0.5) is 5.69 Å². The van der Waals surface area contributed by atoms with Crippen LogP contribution in [0.5, 0.6) is 5.75 Å². The molecule has 5 aromatic carbocycles. The fraction of sp³-hybridized carbons (Fsp3) is 0.0513. The van der Waals surface area contributed by atoms with Crippen molar-refractivity contribution in [3.8, 4) is 50.6 Å². The van der Waals surface area contributed by atoms with E-state index < -0.39 is 0 Å². The molecule has 0 aliphatic rings. The number of fused-ring (bicyclic) bond motifs is 3. The summed E-state index contributed by atoms with van der Waals surface area (Å²) in [5.74, 6) is 0.0832. The zero-order valence-electron chi connectivity index (χ0n) is 25.5. The van der Waals surface area contributed by atoms with Crippen LogP contribution >= 0.6 is 0 Å². The Morgan fingerprint density at radius 1 is 0.532 bits per heavy atom. The van der Waals surface area contributed by atoms with Gasteiger partial charge in [0.1, 0.15) is 5.75 Å². The van der Waals surface area contributed by atoms with E-state index in [-0.39, 0.29) is 26.8 Å². The summed E-state index contributed by atoms with van der Waals surface area (Å²) in [5, 5.41) is 21.2. The fourth-order valence-corrected chi connectivity index (χ4v) is 5.67. The maximum absolute atomic E-state index is 11.3. The number of benzene rings is 5. The maximum Gasteiger partial charge on any atom is 0.127 e. The minimum absolute atomic E-state index is 0. The molecule has 230 valence electrons. The van der Waals surface area contributed by atoms with Gasteiger partial charge in [-0.1, -0.05) is 65.7 Å². The third kappa shape index (κ3) is 5.82. The predicted molar refractivity (Wildman–Crippen MR) is 185 cm³/mol. The standard InChI is InChI=1S/C39H27N6O.Pt/c1-45(2)29-16-14-24(15-17-29)28-20-34(25-9-7-10-26(18-25)35-19-27-8-3-4-11-31(27)43-44-35)42-36(21-28)30-22-37-38(23-39(30)46)41-33-13-6-5-12-32(33)40-37;/h3-17,19-23,46H,1-2H3;/q-1;. The second kappa shape index (κ2) is 12.3. The van der Waals surface area contributed by atoms with Gasteiger partial charge in [0.25, 0.3) is 0 Å². The molecule has 0 spiro atoms. The quantitative estimate of drug-likeness (QED) is 0.139. The van der Waals surface area contributed by atoms with Gasteiger partial charge < -0.3 is 10.0 Å². The Morgan fingerprint density at radius 2 is 1.17 bits per heavy atom. The summed E-state index contributed by atoms with van der Waals surface area (Å²) < 4.78 is 0. The van der Waals surface area contributed by atoms with Crippen LogP contribution < -0.4 is 4.90 Å². The molecule has 47 heavy (non-hydrogen) atoms. The molecule has 0 aliphatic carbocycles. The minimum Gasteiger partial charge on any atom is -0.507 e. The van der Waals surface area contributed by atoms with Crippen molar-refractivity contribution in [1.29, 1.82) is 0 Å². The molecule has 0 saturated heterocycles. The van der Waals surface area contributed by atoms with Crippen molar-refractivity contribution in [1.82, 2.24) is 25.1 Å². The average molecular weight is 791 g/mol. The number of hydrogen-bond acceptors (Lipinski definition) is 7. The largest absolute Gasteiger partial charge is 0.507 e. The SMILES string of the molecule is CN(C)c1ccc(-c2cc(-c3[c-]c(-c4cc5ccccc5nn4)ccc3)nc(-c3cc4nc5ccccc5nc4cc3O)c2)cc1.[Pt]. The molecule has 0 unspecified atom stereocenters. The van der Waals surface area contributed by atoms with Gasteiger partial charge in [-0.05, 0) is 59.0 Å². The first kappa shape index (κ1) is 30.1. The van der Waals surface area contributed by atoms with E-state index in [1.165, 1.54) is 0 Å². The van der Waals surface area contributed by atoms with Crippen LogP contribution in [0.3, 0.4) is 0 Å². The Bertz CT molecular complexity index is 2430. The van der Waals surface area contributed by atoms with Gasteiger partial charge in [0, 0.05) is 63.9 Å². The van der Waals surface area contributed by atoms with E-state index in [1.54, 1.807) is 6.07 Å². The smallest absolute Gasteiger partial charge is 0.127 e. The predicted octanol–water partition coefficient (Wildman–Crippen LogP) is 8.36. The van der Waals surface area contributed by atoms with Gasteiger partial charge in [-0.25, -0.2) is 9.97 Å². The van der Waals surface area contributed by atoms with E-state index in [4.69, 9.17) is 15.0 Å². The van der Waals surface area contributed by atoms with Gasteiger partial charge in [0.15, 0.2) is 0 Å². The third-order valence-electron chi connectivity index (χ3n) is 8.12. The number of aromatic nitrogens is 5. The number of hydrogen-bond donors (Lipinski definition) is 1. The van der Waals surface area contributed by atoms with Gasteiger partial charge >= 0.3 is 0 Å². The van der Waals surface area contributed by atoms with E-state index >= 15 is 0 Å². The number of phenolic OH excluding ortho intramolecular Hbond substituents is 1. The van der Waals surface area contributed by atoms with Crippen LogP contribution in [-0.2, 0) is 21.1 Å². The molecule has 0 bridgehead atoms. The number of nitrogens with zero attached hydrogens (tertiary/aromatic N) is 6. The molecule has 3 heterocycles. The Labute approximate surface area is 285 Å². The zero-order valence-corrected chi connectivity index (χ0v) is 27.8. The molecular weight excluding hydrogens is 764 g/mol. The number of rotatable bonds is 5. The number of pyridine rings is 1. The molecule has 7 nitrogen and oxygen atoms in total. The van der Waals surface area contributed by atoms with Crippen LogP contribution in [0.1, 0.15) is 0 Å². The Kier molecular flexibility index (Phi) is 7.92. The fourth-order valence-electron chi connectivity index (χ4n) is 5.67. The number of anilines is 1. The first-order chi connectivity index (χ1) is 22.5. The van der Waals surface area contributed by atoms with Crippen LogP contribution in [0.15, 0.2) is 121 Å². The molecule has 8 heteroatoms. The van der Waals surface area contributed by atoms with Crippen LogP contribution in [-0.4, -0.2) is 44.4 Å². The molecule has 8 rings (SSSR count). The van der Waals surface area contributed by atoms with Crippen LogP contribution in [0.25, 0.3) is 77.9 Å². The molecule has 0 fully saturated rings. The second-order valence-electron chi connectivity index (χ2n) is 11.4. The van der Waals surface area contributed by atoms with Crippen molar-refractivity contribution in [2.75, 3.05) is 19.0 Å². The van der Waals surface area contributed by atoms with Crippen molar-refractivity contribution in [2.24, 2.45) is 0 Å². The molecule has 0 amide bonds. The number of phenols is 1. The average Bonchev–Trinajstić information content (AvgIpc) is 3.10. The summed E-state index contributed by atoms with van der Waals surface area (Å²) in [6, 6.07) is 43.1. The maximum atomic E-state index is 11.3. The second-order valence-corrected chi connectivity index (χ2v) is 11.4. The summed E-state index contributed by atoms with van der Waals surface area (Å²) in [6.07, 6.45) is 0. The zero-order chi connectivity index (χ0) is 31.2. The Morgan fingerprint density at radius 3 is 1.89 bits per heavy atom. The van der Waals surface area contributed by atoms with E-state index in [1.807, 2.05) is 99.0 Å². The molecule has 1 N–H and O–H groups in total. The topological polar surface area (TPSA) is 87.9 Å². The summed E-state index contributed by atoms with van der Waals surface area (Å²) in [4.78, 5) is 16.7. The van der Waals surface area contributed by atoms with Crippen molar-refractivity contribution in [3.63, 3.8) is 0 Å². The first-order valence-corrected chi connectivity index (χ1v) is 14.9. The van der Waals surface area contributed by atoms with E-state index in [9.17, 15) is 5.11 Å². The van der Waals surface area contributed by atoms with Crippen molar-refractivity contribution in [3.05, 3.63) is 127 Å². The monoisotopic (exact) mass is 790 g/mol. The Hall–Kier alpha value is -5.52. The number of para-hydroxylation sites is 2. The molecule has 0 aliphatic heterocycles. The van der Waals surface area contributed by atoms with Crippen LogP contribution in [0.2, 0.25) is 0 Å². The summed E-state index contributed by atoms with van der Waals surface area (Å²) in [5.41, 5.74) is 11.0. The molecule has 0 atom stereocenters. The van der Waals surface area contributed by atoms with Gasteiger partial charge in [0.2, 0.25) is 0 Å². The third-order valence-corrected chi connectivity index (χ3v) is 8.12. The molecule has 8 aromatic rings.